The Morgan fingerprint density at radius 1 is 1.55 bits per heavy atom. The summed E-state index contributed by atoms with van der Waals surface area (Å²) >= 11 is 0. The zero-order valence-corrected chi connectivity index (χ0v) is 5.00. The Balaban J connectivity index is 3.01. The fourth-order valence-electron chi connectivity index (χ4n) is 0.441. The van der Waals surface area contributed by atoms with E-state index in [-0.39, 0.29) is 0 Å². The fraction of sp³-hybridized carbons (Fsp3) is 0.250. The minimum absolute atomic E-state index is 0.294. The minimum Gasteiger partial charge on any atom is -0.169 e. The van der Waals surface area contributed by atoms with E-state index in [1.54, 1.807) is 0 Å². The minimum atomic E-state index is -4.53. The first kappa shape index (κ1) is 7.53. The Hall–Kier alpha value is -1.58. The molecular formula is C4HF3N4. The first-order valence-corrected chi connectivity index (χ1v) is 2.43. The molecule has 0 amide bonds. The zero-order chi connectivity index (χ0) is 8.48. The monoisotopic (exact) mass is 162 g/mol. The number of alkyl halides is 3. The van der Waals surface area contributed by atoms with Gasteiger partial charge in [0.25, 0.3) is 0 Å². The normalized spacial score (nSPS) is 11.1. The van der Waals surface area contributed by atoms with Gasteiger partial charge in [0.05, 0.1) is 6.20 Å². The van der Waals surface area contributed by atoms with Gasteiger partial charge >= 0.3 is 6.18 Å². The highest BCUT2D eigenvalue weighted by Crippen LogP contribution is 2.26. The molecule has 11 heavy (non-hydrogen) atoms. The first-order valence-electron chi connectivity index (χ1n) is 2.43. The van der Waals surface area contributed by atoms with Gasteiger partial charge in [0, 0.05) is 0 Å². The molecule has 0 aromatic carbocycles. The molecular weight excluding hydrogens is 161 g/mol. The zero-order valence-electron chi connectivity index (χ0n) is 5.00. The third-order valence-corrected chi connectivity index (χ3v) is 0.872. The smallest absolute Gasteiger partial charge is 0.169 e. The van der Waals surface area contributed by atoms with E-state index in [0.29, 0.717) is 11.0 Å². The van der Waals surface area contributed by atoms with Gasteiger partial charge in [-0.2, -0.15) is 18.4 Å². The lowest BCUT2D eigenvalue weighted by molar-refractivity contribution is -0.141. The van der Waals surface area contributed by atoms with Crippen molar-refractivity contribution in [3.63, 3.8) is 0 Å². The Labute approximate surface area is 58.8 Å². The highest BCUT2D eigenvalue weighted by Gasteiger charge is 2.34. The average molecular weight is 162 g/mol. The van der Waals surface area contributed by atoms with Crippen molar-refractivity contribution in [1.82, 2.24) is 15.0 Å². The van der Waals surface area contributed by atoms with Crippen molar-refractivity contribution >= 4 is 0 Å². The lowest BCUT2D eigenvalue weighted by Gasteiger charge is -1.97. The Bertz CT molecular complexity index is 293. The van der Waals surface area contributed by atoms with Crippen LogP contribution in [0.4, 0.5) is 13.2 Å². The second kappa shape index (κ2) is 2.23. The van der Waals surface area contributed by atoms with Crippen molar-refractivity contribution in [2.24, 2.45) is 0 Å². The van der Waals surface area contributed by atoms with Crippen molar-refractivity contribution in [2.75, 3.05) is 0 Å². The van der Waals surface area contributed by atoms with E-state index in [4.69, 9.17) is 5.26 Å². The molecule has 7 heteroatoms. The van der Waals surface area contributed by atoms with E-state index < -0.39 is 11.9 Å². The van der Waals surface area contributed by atoms with Crippen LogP contribution in [0.2, 0.25) is 0 Å². The maximum atomic E-state index is 11.7. The molecule has 0 fully saturated rings. The summed E-state index contributed by atoms with van der Waals surface area (Å²) in [7, 11) is 0. The van der Waals surface area contributed by atoms with Gasteiger partial charge < -0.3 is 0 Å². The van der Waals surface area contributed by atoms with Crippen LogP contribution in [0.25, 0.3) is 0 Å². The topological polar surface area (TPSA) is 54.5 Å². The number of hydrogen-bond donors (Lipinski definition) is 0. The fourth-order valence-corrected chi connectivity index (χ4v) is 0.441. The van der Waals surface area contributed by atoms with Crippen LogP contribution in [0.5, 0.6) is 0 Å². The van der Waals surface area contributed by atoms with E-state index >= 15 is 0 Å². The maximum Gasteiger partial charge on any atom is 0.436 e. The first-order chi connectivity index (χ1) is 5.04. The number of halogens is 3. The van der Waals surface area contributed by atoms with Crippen LogP contribution >= 0.6 is 0 Å². The summed E-state index contributed by atoms with van der Waals surface area (Å²) in [6.07, 6.45) is -2.73. The summed E-state index contributed by atoms with van der Waals surface area (Å²) in [6, 6.07) is 0. The second-order valence-electron chi connectivity index (χ2n) is 1.62. The van der Waals surface area contributed by atoms with Crippen LogP contribution in [0.1, 0.15) is 5.69 Å². The van der Waals surface area contributed by atoms with Crippen LogP contribution < -0.4 is 0 Å². The van der Waals surface area contributed by atoms with Gasteiger partial charge in [-0.15, -0.1) is 10.2 Å². The summed E-state index contributed by atoms with van der Waals surface area (Å²) in [4.78, 5) is 0.294. The third-order valence-electron chi connectivity index (χ3n) is 0.872. The molecule has 0 aliphatic rings. The van der Waals surface area contributed by atoms with E-state index in [1.165, 1.54) is 6.19 Å². The SMILES string of the molecule is N#Cn1ncc(C(F)(F)F)n1. The lowest BCUT2D eigenvalue weighted by atomic mass is 10.5. The van der Waals surface area contributed by atoms with Crippen molar-refractivity contribution in [3.05, 3.63) is 11.9 Å². The molecule has 0 saturated carbocycles. The number of rotatable bonds is 0. The summed E-state index contributed by atoms with van der Waals surface area (Å²) in [5.41, 5.74) is -1.17. The Morgan fingerprint density at radius 2 is 2.18 bits per heavy atom. The van der Waals surface area contributed by atoms with Gasteiger partial charge in [-0.25, -0.2) is 0 Å². The quantitative estimate of drug-likeness (QED) is 0.562. The molecule has 0 aliphatic heterocycles. The van der Waals surface area contributed by atoms with E-state index in [0.717, 1.165) is 0 Å². The molecule has 1 aromatic heterocycles. The van der Waals surface area contributed by atoms with E-state index in [2.05, 4.69) is 10.2 Å². The Kier molecular flexibility index (Phi) is 1.53. The molecule has 1 rings (SSSR count). The molecule has 0 saturated heterocycles. The number of nitrogens with zero attached hydrogens (tertiary/aromatic N) is 4. The van der Waals surface area contributed by atoms with Crippen LogP contribution in [0, 0.1) is 11.5 Å². The predicted octanol–water partition coefficient (Wildman–Crippen LogP) is 0.626. The number of hydrogen-bond acceptors (Lipinski definition) is 3. The summed E-state index contributed by atoms with van der Waals surface area (Å²) in [6.45, 7) is 0. The molecule has 4 nitrogen and oxygen atoms in total. The molecule has 0 spiro atoms. The molecule has 0 atom stereocenters. The highest BCUT2D eigenvalue weighted by molar-refractivity contribution is 4.97. The van der Waals surface area contributed by atoms with Gasteiger partial charge in [-0.05, 0) is 0 Å². The van der Waals surface area contributed by atoms with Crippen molar-refractivity contribution in [2.45, 2.75) is 6.18 Å². The maximum absolute atomic E-state index is 11.7. The molecule has 0 aliphatic carbocycles. The highest BCUT2D eigenvalue weighted by atomic mass is 19.4. The van der Waals surface area contributed by atoms with E-state index in [9.17, 15) is 13.2 Å². The molecule has 0 radical (unpaired) electrons. The molecule has 0 bridgehead atoms. The summed E-state index contributed by atoms with van der Waals surface area (Å²) in [5, 5.41) is 13.9. The third kappa shape index (κ3) is 1.46. The molecule has 1 heterocycles. The average Bonchev–Trinajstić information content (AvgIpc) is 2.32. The Morgan fingerprint density at radius 3 is 2.45 bits per heavy atom. The van der Waals surface area contributed by atoms with Crippen LogP contribution in [-0.2, 0) is 6.18 Å². The van der Waals surface area contributed by atoms with Gasteiger partial charge in [0.15, 0.2) is 5.69 Å². The lowest BCUT2D eigenvalue weighted by Crippen LogP contribution is -2.06. The van der Waals surface area contributed by atoms with Crippen LogP contribution in [-0.4, -0.2) is 15.0 Å². The molecule has 58 valence electrons. The number of nitriles is 1. The van der Waals surface area contributed by atoms with E-state index in [1.807, 2.05) is 0 Å². The predicted molar refractivity (Wildman–Crippen MR) is 26.0 cm³/mol. The number of aromatic nitrogens is 3. The summed E-state index contributed by atoms with van der Waals surface area (Å²) < 4.78 is 35.1. The van der Waals surface area contributed by atoms with Crippen molar-refractivity contribution in [3.8, 4) is 6.19 Å². The molecule has 1 aromatic rings. The van der Waals surface area contributed by atoms with Gasteiger partial charge in [0.1, 0.15) is 0 Å². The summed E-state index contributed by atoms with van der Waals surface area (Å²) in [5.74, 6) is 0. The van der Waals surface area contributed by atoms with Gasteiger partial charge in [-0.1, -0.05) is 4.80 Å². The van der Waals surface area contributed by atoms with Crippen LogP contribution in [0.3, 0.4) is 0 Å². The largest absolute Gasteiger partial charge is 0.436 e. The second-order valence-corrected chi connectivity index (χ2v) is 1.62. The standard InChI is InChI=1S/C4HF3N4/c5-4(6,7)3-1-9-11(2-8)10-3/h1H. The van der Waals surface area contributed by atoms with Crippen molar-refractivity contribution < 1.29 is 13.2 Å². The molecule has 0 N–H and O–H groups in total. The van der Waals surface area contributed by atoms with Crippen molar-refractivity contribution in [1.29, 1.82) is 5.26 Å². The van der Waals surface area contributed by atoms with Crippen LogP contribution in [0.15, 0.2) is 6.20 Å². The van der Waals surface area contributed by atoms with Gasteiger partial charge in [0.2, 0.25) is 6.19 Å². The molecule has 0 unspecified atom stereocenters. The van der Waals surface area contributed by atoms with Gasteiger partial charge in [-0.3, -0.25) is 0 Å².